The Morgan fingerprint density at radius 3 is 1.88 bits per heavy atom. The maximum absolute atomic E-state index is 2.61. The van der Waals surface area contributed by atoms with Gasteiger partial charge in [-0.05, 0) is 63.1 Å². The van der Waals surface area contributed by atoms with E-state index in [9.17, 15) is 0 Å². The minimum Gasteiger partial charge on any atom is -0.298 e. The summed E-state index contributed by atoms with van der Waals surface area (Å²) in [5, 5.41) is 2.66. The zero-order valence-electron chi connectivity index (χ0n) is 18.3. The van der Waals surface area contributed by atoms with Crippen LogP contribution in [0.4, 0.5) is 0 Å². The molecule has 6 rings (SSSR count). The Morgan fingerprint density at radius 1 is 0.594 bits per heavy atom. The molecule has 32 heavy (non-hydrogen) atoms. The average molecular weight is 414 g/mol. The quantitative estimate of drug-likeness (QED) is 0.291. The molecule has 1 aliphatic carbocycles. The molecular weight excluding hydrogens is 386 g/mol. The Bertz CT molecular complexity index is 1300. The average Bonchev–Trinajstić information content (AvgIpc) is 3.02. The van der Waals surface area contributed by atoms with Gasteiger partial charge in [-0.1, -0.05) is 103 Å². The van der Waals surface area contributed by atoms with Gasteiger partial charge in [0.15, 0.2) is 0 Å². The molecular formula is C31H27N. The van der Waals surface area contributed by atoms with Gasteiger partial charge in [-0.3, -0.25) is 4.90 Å². The first kappa shape index (κ1) is 19.3. The van der Waals surface area contributed by atoms with Crippen LogP contribution < -0.4 is 0 Å². The number of rotatable bonds is 2. The van der Waals surface area contributed by atoms with E-state index in [4.69, 9.17) is 0 Å². The third-order valence-electron chi connectivity index (χ3n) is 6.94. The molecule has 0 unspecified atom stereocenters. The van der Waals surface area contributed by atoms with Gasteiger partial charge in [0.25, 0.3) is 0 Å². The van der Waals surface area contributed by atoms with Gasteiger partial charge in [0.05, 0.1) is 0 Å². The number of likely N-dealkylation sites (tertiary alicyclic amines) is 1. The summed E-state index contributed by atoms with van der Waals surface area (Å²) in [4.78, 5) is 2.61. The first-order valence-electron chi connectivity index (χ1n) is 11.6. The fourth-order valence-electron chi connectivity index (χ4n) is 5.27. The molecule has 1 nitrogen and oxygen atoms in total. The third kappa shape index (κ3) is 3.59. The fourth-order valence-corrected chi connectivity index (χ4v) is 5.27. The summed E-state index contributed by atoms with van der Waals surface area (Å²) < 4.78 is 0. The predicted octanol–water partition coefficient (Wildman–Crippen LogP) is 7.42. The van der Waals surface area contributed by atoms with Gasteiger partial charge >= 0.3 is 0 Å². The molecule has 0 aromatic heterocycles. The summed E-state index contributed by atoms with van der Waals surface area (Å²) in [7, 11) is 0. The van der Waals surface area contributed by atoms with Crippen molar-refractivity contribution in [1.82, 2.24) is 4.90 Å². The van der Waals surface area contributed by atoms with E-state index in [2.05, 4.69) is 108 Å². The molecule has 0 amide bonds. The molecule has 1 saturated heterocycles. The van der Waals surface area contributed by atoms with Crippen LogP contribution in [0.1, 0.15) is 40.7 Å². The monoisotopic (exact) mass is 413 g/mol. The Hall–Kier alpha value is -3.42. The maximum Gasteiger partial charge on any atom is 0.0234 e. The van der Waals surface area contributed by atoms with Crippen LogP contribution in [0.15, 0.2) is 96.6 Å². The lowest BCUT2D eigenvalue weighted by Crippen LogP contribution is -2.30. The molecule has 1 fully saturated rings. The van der Waals surface area contributed by atoms with E-state index >= 15 is 0 Å². The summed E-state index contributed by atoms with van der Waals surface area (Å²) in [5.74, 6) is 0. The standard InChI is InChI=1S/C31H27N/c1-2-10-28-21-23(13-14-24(28)7-1)22-32-19-17-27(18-20-32)31-29-11-5-3-8-25(29)15-16-26-9-4-6-12-30(26)31/h1-16,21H,17-20,22H2. The van der Waals surface area contributed by atoms with Gasteiger partial charge in [0, 0.05) is 19.6 Å². The number of fused-ring (bicyclic) bond motifs is 3. The van der Waals surface area contributed by atoms with Crippen LogP contribution in [0.3, 0.4) is 0 Å². The van der Waals surface area contributed by atoms with Gasteiger partial charge in [-0.15, -0.1) is 0 Å². The Balaban J connectivity index is 1.29. The van der Waals surface area contributed by atoms with Gasteiger partial charge in [-0.2, -0.15) is 0 Å². The molecule has 0 saturated carbocycles. The minimum absolute atomic E-state index is 1.03. The van der Waals surface area contributed by atoms with E-state index in [1.165, 1.54) is 44.2 Å². The SMILES string of the molecule is C1=Cc2ccccc2C(=C2CCN(Cc3ccc4ccccc4c3)CC2)c2ccccc21. The summed E-state index contributed by atoms with van der Waals surface area (Å²) >= 11 is 0. The Labute approximate surface area is 190 Å². The summed E-state index contributed by atoms with van der Waals surface area (Å²) in [6.07, 6.45) is 6.81. The molecule has 156 valence electrons. The molecule has 0 spiro atoms. The van der Waals surface area contributed by atoms with Gasteiger partial charge in [0.1, 0.15) is 0 Å². The second-order valence-corrected chi connectivity index (χ2v) is 8.94. The van der Waals surface area contributed by atoms with Crippen LogP contribution in [-0.2, 0) is 6.54 Å². The molecule has 0 bridgehead atoms. The van der Waals surface area contributed by atoms with Gasteiger partial charge < -0.3 is 0 Å². The number of piperidine rings is 1. The van der Waals surface area contributed by atoms with E-state index in [-0.39, 0.29) is 0 Å². The fraction of sp³-hybridized carbons (Fsp3) is 0.161. The van der Waals surface area contributed by atoms with Crippen LogP contribution in [0, 0.1) is 0 Å². The topological polar surface area (TPSA) is 3.24 Å². The first-order chi connectivity index (χ1) is 15.8. The second-order valence-electron chi connectivity index (χ2n) is 8.94. The first-order valence-corrected chi connectivity index (χ1v) is 11.6. The molecule has 4 aromatic carbocycles. The summed E-state index contributed by atoms with van der Waals surface area (Å²) in [6.45, 7) is 3.26. The highest BCUT2D eigenvalue weighted by atomic mass is 15.1. The highest BCUT2D eigenvalue weighted by Gasteiger charge is 2.22. The van der Waals surface area contributed by atoms with Crippen molar-refractivity contribution in [3.63, 3.8) is 0 Å². The number of nitrogens with zero attached hydrogens (tertiary/aromatic N) is 1. The van der Waals surface area contributed by atoms with E-state index in [1.807, 2.05) is 0 Å². The summed E-state index contributed by atoms with van der Waals surface area (Å²) in [6, 6.07) is 33.3. The normalized spacial score (nSPS) is 16.0. The van der Waals surface area contributed by atoms with Gasteiger partial charge in [-0.25, -0.2) is 0 Å². The number of hydrogen-bond acceptors (Lipinski definition) is 1. The Morgan fingerprint density at radius 2 is 1.19 bits per heavy atom. The zero-order chi connectivity index (χ0) is 21.3. The second kappa shape index (κ2) is 8.26. The molecule has 0 atom stereocenters. The summed E-state index contributed by atoms with van der Waals surface area (Å²) in [5.41, 5.74) is 9.89. The lowest BCUT2D eigenvalue weighted by atomic mass is 9.86. The number of hydrogen-bond donors (Lipinski definition) is 0. The largest absolute Gasteiger partial charge is 0.298 e. The van der Waals surface area contributed by atoms with Crippen molar-refractivity contribution >= 4 is 28.5 Å². The van der Waals surface area contributed by atoms with E-state index < -0.39 is 0 Å². The van der Waals surface area contributed by atoms with Crippen molar-refractivity contribution in [3.8, 4) is 0 Å². The number of benzene rings is 4. The van der Waals surface area contributed by atoms with Crippen molar-refractivity contribution in [2.75, 3.05) is 13.1 Å². The van der Waals surface area contributed by atoms with Gasteiger partial charge in [0.2, 0.25) is 0 Å². The van der Waals surface area contributed by atoms with Crippen molar-refractivity contribution < 1.29 is 0 Å². The molecule has 2 aliphatic rings. The van der Waals surface area contributed by atoms with E-state index in [0.717, 1.165) is 32.5 Å². The Kier molecular flexibility index (Phi) is 4.97. The third-order valence-corrected chi connectivity index (χ3v) is 6.94. The van der Waals surface area contributed by atoms with Crippen LogP contribution in [0.2, 0.25) is 0 Å². The molecule has 1 aliphatic heterocycles. The predicted molar refractivity (Wildman–Crippen MR) is 136 cm³/mol. The van der Waals surface area contributed by atoms with Crippen molar-refractivity contribution in [1.29, 1.82) is 0 Å². The minimum atomic E-state index is 1.03. The van der Waals surface area contributed by atoms with Crippen molar-refractivity contribution in [3.05, 3.63) is 124 Å². The molecule has 1 heteroatoms. The van der Waals surface area contributed by atoms with Crippen LogP contribution in [0.25, 0.3) is 28.5 Å². The molecule has 0 N–H and O–H groups in total. The van der Waals surface area contributed by atoms with Crippen molar-refractivity contribution in [2.45, 2.75) is 19.4 Å². The maximum atomic E-state index is 2.61. The van der Waals surface area contributed by atoms with Crippen molar-refractivity contribution in [2.24, 2.45) is 0 Å². The zero-order valence-corrected chi connectivity index (χ0v) is 18.3. The van der Waals surface area contributed by atoms with Crippen LogP contribution in [-0.4, -0.2) is 18.0 Å². The lowest BCUT2D eigenvalue weighted by Gasteiger charge is -2.30. The van der Waals surface area contributed by atoms with E-state index in [1.54, 1.807) is 5.57 Å². The molecule has 0 radical (unpaired) electrons. The molecule has 1 heterocycles. The highest BCUT2D eigenvalue weighted by molar-refractivity contribution is 5.95. The van der Waals surface area contributed by atoms with Crippen LogP contribution >= 0.6 is 0 Å². The smallest absolute Gasteiger partial charge is 0.0234 e. The highest BCUT2D eigenvalue weighted by Crippen LogP contribution is 2.38. The lowest BCUT2D eigenvalue weighted by molar-refractivity contribution is 0.249. The van der Waals surface area contributed by atoms with Crippen LogP contribution in [0.5, 0.6) is 0 Å². The molecule has 4 aromatic rings. The van der Waals surface area contributed by atoms with E-state index in [0.29, 0.717) is 0 Å².